The number of ether oxygens (including phenoxy) is 2. The highest BCUT2D eigenvalue weighted by atomic mass is 16.7. The lowest BCUT2D eigenvalue weighted by atomic mass is 10.0. The number of piperazine rings is 1. The zero-order valence-corrected chi connectivity index (χ0v) is 21.3. The van der Waals surface area contributed by atoms with Crippen LogP contribution in [0.4, 0.5) is 5.69 Å². The van der Waals surface area contributed by atoms with E-state index in [1.807, 2.05) is 42.2 Å². The molecule has 2 aliphatic heterocycles. The Morgan fingerprint density at radius 2 is 1.69 bits per heavy atom. The Bertz CT molecular complexity index is 1340. The van der Waals surface area contributed by atoms with Gasteiger partial charge in [0.25, 0.3) is 5.91 Å². The van der Waals surface area contributed by atoms with Gasteiger partial charge in [-0.25, -0.2) is 0 Å². The summed E-state index contributed by atoms with van der Waals surface area (Å²) in [5.41, 5.74) is 5.25. The fourth-order valence-corrected chi connectivity index (χ4v) is 5.22. The molecule has 0 radical (unpaired) electrons. The molecule has 1 saturated heterocycles. The van der Waals surface area contributed by atoms with Gasteiger partial charge in [0.1, 0.15) is 5.56 Å². The van der Waals surface area contributed by atoms with Crippen LogP contribution in [0.3, 0.4) is 0 Å². The molecule has 0 saturated carbocycles. The van der Waals surface area contributed by atoms with Gasteiger partial charge >= 0.3 is 0 Å². The van der Waals surface area contributed by atoms with Crippen LogP contribution in [0, 0.1) is 13.8 Å². The second-order valence-corrected chi connectivity index (χ2v) is 9.56. The molecule has 0 spiro atoms. The van der Waals surface area contributed by atoms with Crippen molar-refractivity contribution in [2.75, 3.05) is 37.9 Å². The van der Waals surface area contributed by atoms with Gasteiger partial charge in [0, 0.05) is 55.9 Å². The van der Waals surface area contributed by atoms with E-state index in [9.17, 15) is 9.59 Å². The Balaban J connectivity index is 1.42. The molecular formula is C29H33N3O4. The number of benzene rings is 2. The molecule has 0 bridgehead atoms. The van der Waals surface area contributed by atoms with Gasteiger partial charge in [0.05, 0.1) is 0 Å². The SMILES string of the molecule is CCCc1c(C(=O)N2CCN(c3ccccc3C)CC2)c(=O)cc(C)n1Cc1ccc2c(c1)OCO2. The summed E-state index contributed by atoms with van der Waals surface area (Å²) in [6.45, 7) is 9.58. The van der Waals surface area contributed by atoms with E-state index in [0.717, 1.165) is 48.0 Å². The first-order chi connectivity index (χ1) is 17.5. The largest absolute Gasteiger partial charge is 0.454 e. The van der Waals surface area contributed by atoms with Crippen molar-refractivity contribution < 1.29 is 14.3 Å². The summed E-state index contributed by atoms with van der Waals surface area (Å²) in [6.07, 6.45) is 1.50. The number of anilines is 1. The van der Waals surface area contributed by atoms with Crippen molar-refractivity contribution in [1.82, 2.24) is 9.47 Å². The van der Waals surface area contributed by atoms with E-state index in [-0.39, 0.29) is 18.1 Å². The van der Waals surface area contributed by atoms with Gasteiger partial charge in [-0.05, 0) is 49.6 Å². The molecule has 3 heterocycles. The minimum atomic E-state index is -0.191. The second kappa shape index (κ2) is 10.1. The molecule has 7 heteroatoms. The van der Waals surface area contributed by atoms with Crippen LogP contribution in [0.1, 0.15) is 46.2 Å². The first-order valence-corrected chi connectivity index (χ1v) is 12.7. The van der Waals surface area contributed by atoms with Crippen LogP contribution < -0.4 is 19.8 Å². The smallest absolute Gasteiger partial charge is 0.259 e. The van der Waals surface area contributed by atoms with Gasteiger partial charge in [-0.2, -0.15) is 0 Å². The first kappa shape index (κ1) is 24.0. The fourth-order valence-electron chi connectivity index (χ4n) is 5.22. The van der Waals surface area contributed by atoms with Crippen LogP contribution in [0.25, 0.3) is 0 Å². The third-order valence-corrected chi connectivity index (χ3v) is 7.13. The van der Waals surface area contributed by atoms with Gasteiger partial charge in [-0.3, -0.25) is 9.59 Å². The molecule has 1 fully saturated rings. The van der Waals surface area contributed by atoms with E-state index in [2.05, 4.69) is 35.4 Å². The maximum atomic E-state index is 13.8. The topological polar surface area (TPSA) is 64.0 Å². The molecule has 0 N–H and O–H groups in total. The molecule has 1 aromatic heterocycles. The predicted molar refractivity (Wildman–Crippen MR) is 140 cm³/mol. The van der Waals surface area contributed by atoms with Crippen LogP contribution in [0.15, 0.2) is 53.3 Å². The van der Waals surface area contributed by atoms with Crippen molar-refractivity contribution >= 4 is 11.6 Å². The van der Waals surface area contributed by atoms with Crippen molar-refractivity contribution in [2.45, 2.75) is 40.2 Å². The average Bonchev–Trinajstić information content (AvgIpc) is 3.35. The summed E-state index contributed by atoms with van der Waals surface area (Å²) in [7, 11) is 0. The van der Waals surface area contributed by atoms with Crippen LogP contribution in [0.5, 0.6) is 11.5 Å². The molecule has 36 heavy (non-hydrogen) atoms. The maximum absolute atomic E-state index is 13.8. The number of amides is 1. The monoisotopic (exact) mass is 487 g/mol. The fraction of sp³-hybridized carbons (Fsp3) is 0.379. The first-order valence-electron chi connectivity index (χ1n) is 12.7. The molecule has 2 aromatic carbocycles. The molecule has 0 unspecified atom stereocenters. The molecule has 1 amide bonds. The Morgan fingerprint density at radius 3 is 2.44 bits per heavy atom. The second-order valence-electron chi connectivity index (χ2n) is 9.56. The molecule has 188 valence electrons. The summed E-state index contributed by atoms with van der Waals surface area (Å²) >= 11 is 0. The van der Waals surface area contributed by atoms with E-state index < -0.39 is 0 Å². The number of aryl methyl sites for hydroxylation is 2. The van der Waals surface area contributed by atoms with Crippen LogP contribution >= 0.6 is 0 Å². The normalized spacial score (nSPS) is 14.9. The highest BCUT2D eigenvalue weighted by Crippen LogP contribution is 2.33. The minimum absolute atomic E-state index is 0.160. The number of carbonyl (C=O) groups excluding carboxylic acids is 1. The number of para-hydroxylation sites is 1. The molecule has 5 rings (SSSR count). The molecule has 0 atom stereocenters. The number of rotatable bonds is 6. The minimum Gasteiger partial charge on any atom is -0.454 e. The number of fused-ring (bicyclic) bond motifs is 1. The number of hydrogen-bond donors (Lipinski definition) is 0. The number of pyridine rings is 1. The summed E-state index contributed by atoms with van der Waals surface area (Å²) < 4.78 is 13.1. The van der Waals surface area contributed by atoms with Crippen molar-refractivity contribution in [3.63, 3.8) is 0 Å². The lowest BCUT2D eigenvalue weighted by Crippen LogP contribution is -2.50. The Labute approximate surface area is 211 Å². The Hall–Kier alpha value is -3.74. The lowest BCUT2D eigenvalue weighted by molar-refractivity contribution is 0.0743. The number of nitrogens with zero attached hydrogens (tertiary/aromatic N) is 3. The van der Waals surface area contributed by atoms with Crippen molar-refractivity contribution in [3.05, 3.63) is 86.8 Å². The third kappa shape index (κ3) is 4.57. The van der Waals surface area contributed by atoms with E-state index in [0.29, 0.717) is 31.6 Å². The van der Waals surface area contributed by atoms with Crippen LogP contribution in [-0.2, 0) is 13.0 Å². The lowest BCUT2D eigenvalue weighted by Gasteiger charge is -2.37. The van der Waals surface area contributed by atoms with Crippen molar-refractivity contribution in [2.24, 2.45) is 0 Å². The molecule has 7 nitrogen and oxygen atoms in total. The highest BCUT2D eigenvalue weighted by molar-refractivity contribution is 5.95. The Morgan fingerprint density at radius 1 is 0.944 bits per heavy atom. The quantitative estimate of drug-likeness (QED) is 0.523. The number of hydrogen-bond acceptors (Lipinski definition) is 5. The Kier molecular flexibility index (Phi) is 6.72. The molecule has 0 aliphatic carbocycles. The summed E-state index contributed by atoms with van der Waals surface area (Å²) in [5, 5.41) is 0. The molecule has 3 aromatic rings. The van der Waals surface area contributed by atoms with E-state index in [1.165, 1.54) is 11.3 Å². The standard InChI is InChI=1S/C29H33N3O4/c1-4-7-24-28(29(34)31-14-12-30(13-15-31)23-9-6-5-8-20(23)2)25(33)16-21(3)32(24)18-22-10-11-26-27(17-22)36-19-35-26/h5-6,8-11,16-17H,4,7,12-15,18-19H2,1-3H3. The van der Waals surface area contributed by atoms with Gasteiger partial charge in [-0.15, -0.1) is 0 Å². The van der Waals surface area contributed by atoms with Gasteiger partial charge in [-0.1, -0.05) is 37.6 Å². The summed E-state index contributed by atoms with van der Waals surface area (Å²) in [5.74, 6) is 1.31. The molecule has 2 aliphatic rings. The van der Waals surface area contributed by atoms with Crippen molar-refractivity contribution in [3.8, 4) is 11.5 Å². The van der Waals surface area contributed by atoms with Gasteiger partial charge in [0.2, 0.25) is 6.79 Å². The zero-order valence-electron chi connectivity index (χ0n) is 21.3. The van der Waals surface area contributed by atoms with E-state index >= 15 is 0 Å². The van der Waals surface area contributed by atoms with E-state index in [4.69, 9.17) is 9.47 Å². The third-order valence-electron chi connectivity index (χ3n) is 7.13. The molecular weight excluding hydrogens is 454 g/mol. The van der Waals surface area contributed by atoms with Gasteiger partial charge < -0.3 is 23.8 Å². The summed E-state index contributed by atoms with van der Waals surface area (Å²) in [4.78, 5) is 31.1. The predicted octanol–water partition coefficient (Wildman–Crippen LogP) is 4.16. The summed E-state index contributed by atoms with van der Waals surface area (Å²) in [6, 6.07) is 15.8. The van der Waals surface area contributed by atoms with E-state index in [1.54, 1.807) is 6.07 Å². The highest BCUT2D eigenvalue weighted by Gasteiger charge is 2.28. The average molecular weight is 488 g/mol. The zero-order chi connectivity index (χ0) is 25.2. The van der Waals surface area contributed by atoms with Crippen LogP contribution in [-0.4, -0.2) is 48.3 Å². The number of carbonyl (C=O) groups is 1. The maximum Gasteiger partial charge on any atom is 0.259 e. The van der Waals surface area contributed by atoms with Crippen LogP contribution in [0.2, 0.25) is 0 Å². The number of aromatic nitrogens is 1. The van der Waals surface area contributed by atoms with Crippen molar-refractivity contribution in [1.29, 1.82) is 0 Å². The van der Waals surface area contributed by atoms with Gasteiger partial charge in [0.15, 0.2) is 16.9 Å².